The summed E-state index contributed by atoms with van der Waals surface area (Å²) in [6.45, 7) is 7.88. The third-order valence-electron chi connectivity index (χ3n) is 4.28. The van der Waals surface area contributed by atoms with Gasteiger partial charge in [-0.3, -0.25) is 9.35 Å². The Bertz CT molecular complexity index is 457. The molecule has 23 heavy (non-hydrogen) atoms. The van der Waals surface area contributed by atoms with Crippen LogP contribution < -0.4 is 0 Å². The van der Waals surface area contributed by atoms with Crippen molar-refractivity contribution in [2.75, 3.05) is 39.5 Å². The highest BCUT2D eigenvalue weighted by Crippen LogP contribution is 2.21. The van der Waals surface area contributed by atoms with Crippen LogP contribution in [0.3, 0.4) is 0 Å². The Labute approximate surface area is 141 Å². The molecular weight excluding hydrogens is 318 g/mol. The van der Waals surface area contributed by atoms with Crippen LogP contribution in [-0.4, -0.2) is 63.0 Å². The first-order valence-corrected chi connectivity index (χ1v) is 9.95. The summed E-state index contributed by atoms with van der Waals surface area (Å²) in [7, 11) is 0.362. The number of esters is 1. The van der Waals surface area contributed by atoms with E-state index in [2.05, 4.69) is 14.1 Å². The summed E-state index contributed by atoms with van der Waals surface area (Å²) < 4.78 is 36.0. The number of carbonyl (C=O) groups excluding carboxylic acids is 1. The molecule has 0 aliphatic carbocycles. The molecule has 0 saturated heterocycles. The van der Waals surface area contributed by atoms with Gasteiger partial charge in [0.25, 0.3) is 10.1 Å². The Hall–Kier alpha value is -0.660. The van der Waals surface area contributed by atoms with Crippen molar-refractivity contribution in [1.82, 2.24) is 0 Å². The Morgan fingerprint density at radius 2 is 1.65 bits per heavy atom. The minimum Gasteiger partial charge on any atom is -0.459 e. The van der Waals surface area contributed by atoms with Crippen LogP contribution in [0.1, 0.15) is 52.9 Å². The van der Waals surface area contributed by atoms with Gasteiger partial charge in [0.15, 0.2) is 0 Å². The quantitative estimate of drug-likeness (QED) is 0.253. The van der Waals surface area contributed by atoms with Gasteiger partial charge in [0.1, 0.15) is 13.2 Å². The molecule has 0 amide bonds. The molecule has 0 saturated carbocycles. The van der Waals surface area contributed by atoms with Gasteiger partial charge in [-0.25, -0.2) is 0 Å². The van der Waals surface area contributed by atoms with Gasteiger partial charge in [-0.2, -0.15) is 8.42 Å². The van der Waals surface area contributed by atoms with Gasteiger partial charge in [-0.05, 0) is 39.5 Å². The van der Waals surface area contributed by atoms with Crippen molar-refractivity contribution in [3.8, 4) is 0 Å². The van der Waals surface area contributed by atoms with Crippen LogP contribution in [0.15, 0.2) is 0 Å². The lowest BCUT2D eigenvalue weighted by molar-refractivity contribution is -0.890. The van der Waals surface area contributed by atoms with E-state index in [0.29, 0.717) is 13.0 Å². The molecule has 0 heterocycles. The molecule has 0 radical (unpaired) electrons. The Balaban J connectivity index is 3.87. The summed E-state index contributed by atoms with van der Waals surface area (Å²) in [5.74, 6) is -0.306. The zero-order chi connectivity index (χ0) is 18.1. The van der Waals surface area contributed by atoms with Gasteiger partial charge in [0, 0.05) is 0 Å². The smallest absolute Gasteiger partial charge is 0.311 e. The van der Waals surface area contributed by atoms with Crippen molar-refractivity contribution in [3.63, 3.8) is 0 Å². The number of quaternary nitrogens is 1. The van der Waals surface area contributed by atoms with Crippen LogP contribution in [0.4, 0.5) is 0 Å². The van der Waals surface area contributed by atoms with Crippen molar-refractivity contribution in [3.05, 3.63) is 0 Å². The molecule has 1 N–H and O–H groups in total. The van der Waals surface area contributed by atoms with Crippen LogP contribution in [0.5, 0.6) is 0 Å². The summed E-state index contributed by atoms with van der Waals surface area (Å²) in [5.41, 5.74) is -0.426. The van der Waals surface area contributed by atoms with E-state index in [4.69, 9.17) is 9.29 Å². The van der Waals surface area contributed by atoms with E-state index in [1.807, 2.05) is 20.8 Å². The van der Waals surface area contributed by atoms with E-state index in [1.54, 1.807) is 0 Å². The Kier molecular flexibility index (Phi) is 9.32. The van der Waals surface area contributed by atoms with Gasteiger partial charge >= 0.3 is 5.97 Å². The summed E-state index contributed by atoms with van der Waals surface area (Å²) in [4.78, 5) is 11.9. The minimum atomic E-state index is -3.83. The summed E-state index contributed by atoms with van der Waals surface area (Å²) in [5, 5.41) is 0. The first-order chi connectivity index (χ1) is 10.4. The SMILES string of the molecule is CCC(C)(C)C(=O)OCC[N+](C)(C)CCCCCCS(=O)(=O)O. The van der Waals surface area contributed by atoms with Gasteiger partial charge in [0.05, 0.1) is 31.8 Å². The average molecular weight is 353 g/mol. The number of likely N-dealkylation sites (N-methyl/N-ethyl adjacent to an activating group) is 1. The molecule has 0 unspecified atom stereocenters. The van der Waals surface area contributed by atoms with E-state index in [-0.39, 0.29) is 11.7 Å². The van der Waals surface area contributed by atoms with Crippen molar-refractivity contribution >= 4 is 16.1 Å². The molecular formula is C16H34NO5S+. The number of rotatable bonds is 12. The Morgan fingerprint density at radius 3 is 2.17 bits per heavy atom. The fourth-order valence-electron chi connectivity index (χ4n) is 2.01. The molecule has 0 spiro atoms. The molecule has 0 aromatic carbocycles. The second-order valence-corrected chi connectivity index (χ2v) is 9.03. The number of hydrogen-bond donors (Lipinski definition) is 1. The molecule has 0 aromatic heterocycles. The zero-order valence-electron chi connectivity index (χ0n) is 15.3. The predicted molar refractivity (Wildman–Crippen MR) is 91.8 cm³/mol. The highest BCUT2D eigenvalue weighted by Gasteiger charge is 2.27. The molecule has 138 valence electrons. The van der Waals surface area contributed by atoms with Crippen molar-refractivity contribution in [2.24, 2.45) is 5.41 Å². The van der Waals surface area contributed by atoms with E-state index < -0.39 is 15.5 Å². The second kappa shape index (κ2) is 9.59. The lowest BCUT2D eigenvalue weighted by Crippen LogP contribution is -2.43. The molecule has 0 aliphatic heterocycles. The topological polar surface area (TPSA) is 80.7 Å². The highest BCUT2D eigenvalue weighted by molar-refractivity contribution is 7.85. The highest BCUT2D eigenvalue weighted by atomic mass is 32.2. The third kappa shape index (κ3) is 11.5. The second-order valence-electron chi connectivity index (χ2n) is 7.46. The van der Waals surface area contributed by atoms with Crippen molar-refractivity contribution < 1.29 is 27.0 Å². The number of carbonyl (C=O) groups is 1. The van der Waals surface area contributed by atoms with E-state index in [1.165, 1.54) is 0 Å². The lowest BCUT2D eigenvalue weighted by Gasteiger charge is -2.30. The maximum absolute atomic E-state index is 11.9. The molecule has 0 rings (SSSR count). The van der Waals surface area contributed by atoms with Crippen molar-refractivity contribution in [2.45, 2.75) is 52.9 Å². The maximum Gasteiger partial charge on any atom is 0.311 e. The molecule has 6 nitrogen and oxygen atoms in total. The lowest BCUT2D eigenvalue weighted by atomic mass is 9.91. The molecule has 0 atom stereocenters. The fraction of sp³-hybridized carbons (Fsp3) is 0.938. The minimum absolute atomic E-state index is 0.148. The molecule has 0 fully saturated rings. The monoisotopic (exact) mass is 352 g/mol. The predicted octanol–water partition coefficient (Wildman–Crippen LogP) is 2.49. The normalized spacial score (nSPS) is 13.1. The molecule has 7 heteroatoms. The fourth-order valence-corrected chi connectivity index (χ4v) is 2.58. The molecule has 0 bridgehead atoms. The van der Waals surface area contributed by atoms with Crippen LogP contribution in [-0.2, 0) is 19.6 Å². The van der Waals surface area contributed by atoms with Gasteiger partial charge in [-0.1, -0.05) is 13.3 Å². The zero-order valence-corrected chi connectivity index (χ0v) is 16.1. The summed E-state index contributed by atoms with van der Waals surface area (Å²) >= 11 is 0. The summed E-state index contributed by atoms with van der Waals surface area (Å²) in [6, 6.07) is 0. The van der Waals surface area contributed by atoms with Gasteiger partial charge in [-0.15, -0.1) is 0 Å². The third-order valence-corrected chi connectivity index (χ3v) is 5.09. The van der Waals surface area contributed by atoms with E-state index in [0.717, 1.165) is 43.3 Å². The van der Waals surface area contributed by atoms with Crippen molar-refractivity contribution in [1.29, 1.82) is 0 Å². The molecule has 0 aromatic rings. The van der Waals surface area contributed by atoms with Gasteiger partial charge in [0.2, 0.25) is 0 Å². The first kappa shape index (κ1) is 22.3. The number of unbranched alkanes of at least 4 members (excludes halogenated alkanes) is 3. The number of hydrogen-bond acceptors (Lipinski definition) is 4. The standard InChI is InChI=1S/C16H33NO5S/c1-6-16(2,3)15(18)22-13-12-17(4,5)11-9-7-8-10-14-23(19,20)21/h6-14H2,1-5H3/p+1. The number of ether oxygens (including phenoxy) is 1. The maximum atomic E-state index is 11.9. The average Bonchev–Trinajstić information content (AvgIpc) is 2.41. The van der Waals surface area contributed by atoms with Gasteiger partial charge < -0.3 is 9.22 Å². The van der Waals surface area contributed by atoms with Crippen LogP contribution in [0, 0.1) is 5.41 Å². The first-order valence-electron chi connectivity index (χ1n) is 8.34. The van der Waals surface area contributed by atoms with Crippen LogP contribution >= 0.6 is 0 Å². The Morgan fingerprint density at radius 1 is 1.09 bits per heavy atom. The largest absolute Gasteiger partial charge is 0.459 e. The van der Waals surface area contributed by atoms with E-state index in [9.17, 15) is 13.2 Å². The van der Waals surface area contributed by atoms with Crippen LogP contribution in [0.2, 0.25) is 0 Å². The van der Waals surface area contributed by atoms with Crippen LogP contribution in [0.25, 0.3) is 0 Å². The number of nitrogens with zero attached hydrogens (tertiary/aromatic N) is 1. The van der Waals surface area contributed by atoms with E-state index >= 15 is 0 Å². The summed E-state index contributed by atoms with van der Waals surface area (Å²) in [6.07, 6.45) is 3.95. The molecule has 0 aliphatic rings.